The first kappa shape index (κ1) is 13.9. The molecule has 3 N–H and O–H groups in total. The zero-order valence-electron chi connectivity index (χ0n) is 7.19. The molecule has 0 bridgehead atoms. The summed E-state index contributed by atoms with van der Waals surface area (Å²) < 4.78 is 0. The van der Waals surface area contributed by atoms with Gasteiger partial charge in [0.1, 0.15) is 0 Å². The zero-order valence-corrected chi connectivity index (χ0v) is 7.19. The van der Waals surface area contributed by atoms with Gasteiger partial charge in [0.05, 0.1) is 0 Å². The molecule has 13 heavy (non-hydrogen) atoms. The van der Waals surface area contributed by atoms with Gasteiger partial charge in [-0.15, -0.1) is 13.2 Å². The summed E-state index contributed by atoms with van der Waals surface area (Å²) in [6, 6.07) is 0. The van der Waals surface area contributed by atoms with Crippen molar-refractivity contribution in [1.29, 1.82) is 0 Å². The lowest BCUT2D eigenvalue weighted by atomic mass is 10.5. The molecule has 0 atom stereocenters. The number of carbonyl (C=O) groups is 2. The highest BCUT2D eigenvalue weighted by molar-refractivity contribution is 5.89. The first-order valence-electron chi connectivity index (χ1n) is 3.47. The summed E-state index contributed by atoms with van der Waals surface area (Å²) in [6.07, 6.45) is 1.12. The van der Waals surface area contributed by atoms with E-state index in [9.17, 15) is 9.59 Å². The van der Waals surface area contributed by atoms with E-state index in [1.54, 1.807) is 0 Å². The molecule has 0 aromatic carbocycles. The molecule has 0 aliphatic carbocycles. The van der Waals surface area contributed by atoms with E-state index in [-0.39, 0.29) is 0 Å². The van der Waals surface area contributed by atoms with Crippen LogP contribution in [0.15, 0.2) is 25.3 Å². The van der Waals surface area contributed by atoms with E-state index in [0.29, 0.717) is 12.2 Å². The average Bonchev–Trinajstić information content (AvgIpc) is 2.90. The Morgan fingerprint density at radius 1 is 1.08 bits per heavy atom. The summed E-state index contributed by atoms with van der Waals surface area (Å²) in [5.41, 5.74) is 0. The minimum atomic E-state index is -1.26. The molecule has 1 heterocycles. The highest BCUT2D eigenvalue weighted by Gasteiger charge is 1.91. The van der Waals surface area contributed by atoms with Gasteiger partial charge in [-0.2, -0.15) is 0 Å². The molecule has 74 valence electrons. The second-order valence-electron chi connectivity index (χ2n) is 1.76. The molecule has 1 saturated heterocycles. The molecule has 0 amide bonds. The Morgan fingerprint density at radius 3 is 1.38 bits per heavy atom. The van der Waals surface area contributed by atoms with Crippen LogP contribution in [-0.2, 0) is 9.59 Å². The Hall–Kier alpha value is -1.62. The fourth-order valence-corrected chi connectivity index (χ4v) is 0.143. The Labute approximate surface area is 76.4 Å². The van der Waals surface area contributed by atoms with Gasteiger partial charge in [0.2, 0.25) is 0 Å². The third-order valence-electron chi connectivity index (χ3n) is 0.618. The summed E-state index contributed by atoms with van der Waals surface area (Å²) in [6.45, 7) is 8.50. The van der Waals surface area contributed by atoms with Crippen molar-refractivity contribution >= 4 is 11.9 Å². The summed E-state index contributed by atoms with van der Waals surface area (Å²) >= 11 is 0. The summed E-state index contributed by atoms with van der Waals surface area (Å²) in [5.74, 6) is -2.51. The molecular formula is C8H13NO4. The van der Waals surface area contributed by atoms with Gasteiger partial charge in [-0.25, -0.2) is 9.59 Å². The fraction of sp³-hybridized carbons (Fsp3) is 0.250. The van der Waals surface area contributed by atoms with Crippen molar-refractivity contribution < 1.29 is 19.8 Å². The number of carboxylic acid groups (broad SMARTS) is 2. The van der Waals surface area contributed by atoms with Crippen molar-refractivity contribution in [3.8, 4) is 0 Å². The Morgan fingerprint density at radius 2 is 1.31 bits per heavy atom. The molecule has 5 nitrogen and oxygen atoms in total. The van der Waals surface area contributed by atoms with Crippen molar-refractivity contribution in [1.82, 2.24) is 5.32 Å². The highest BCUT2D eigenvalue weighted by Crippen LogP contribution is 1.70. The Balaban J connectivity index is 0. The van der Waals surface area contributed by atoms with Crippen LogP contribution in [0.25, 0.3) is 0 Å². The maximum atomic E-state index is 9.55. The smallest absolute Gasteiger partial charge is 0.328 e. The standard InChI is InChI=1S/C4H4O4.C2H5N.C2H4/c5-3(6)1-2-4(7)8;1-2-3-1;1-2/h1-2H,(H,5,6)(H,7,8);3H,1-2H2;1-2H2/b2-1-;;. The lowest BCUT2D eigenvalue weighted by Crippen LogP contribution is -1.91. The van der Waals surface area contributed by atoms with Crippen molar-refractivity contribution in [3.05, 3.63) is 25.3 Å². The van der Waals surface area contributed by atoms with Crippen molar-refractivity contribution in [3.63, 3.8) is 0 Å². The molecule has 5 heteroatoms. The maximum Gasteiger partial charge on any atom is 0.328 e. The summed E-state index contributed by atoms with van der Waals surface area (Å²) in [4.78, 5) is 19.1. The van der Waals surface area contributed by atoms with E-state index in [0.717, 1.165) is 0 Å². The molecular weight excluding hydrogens is 174 g/mol. The molecule has 1 aliphatic heterocycles. The Kier molecular flexibility index (Phi) is 11.1. The minimum absolute atomic E-state index is 0.558. The minimum Gasteiger partial charge on any atom is -0.478 e. The second-order valence-corrected chi connectivity index (χ2v) is 1.76. The van der Waals surface area contributed by atoms with Gasteiger partial charge < -0.3 is 15.5 Å². The van der Waals surface area contributed by atoms with E-state index >= 15 is 0 Å². The quantitative estimate of drug-likeness (QED) is 0.324. The van der Waals surface area contributed by atoms with Crippen LogP contribution in [0, 0.1) is 0 Å². The van der Waals surface area contributed by atoms with E-state index in [1.165, 1.54) is 13.1 Å². The third kappa shape index (κ3) is 38.0. The molecule has 0 aromatic heterocycles. The summed E-state index contributed by atoms with van der Waals surface area (Å²) in [7, 11) is 0. The molecule has 0 spiro atoms. The highest BCUT2D eigenvalue weighted by atomic mass is 16.4. The van der Waals surface area contributed by atoms with E-state index in [2.05, 4.69) is 18.5 Å². The predicted molar refractivity (Wildman–Crippen MR) is 48.5 cm³/mol. The molecule has 0 unspecified atom stereocenters. The van der Waals surface area contributed by atoms with Crippen LogP contribution in [-0.4, -0.2) is 35.2 Å². The van der Waals surface area contributed by atoms with Crippen LogP contribution < -0.4 is 5.32 Å². The van der Waals surface area contributed by atoms with Gasteiger partial charge >= 0.3 is 11.9 Å². The number of rotatable bonds is 2. The van der Waals surface area contributed by atoms with Gasteiger partial charge in [-0.1, -0.05) is 0 Å². The largest absolute Gasteiger partial charge is 0.478 e. The van der Waals surface area contributed by atoms with Crippen LogP contribution >= 0.6 is 0 Å². The monoisotopic (exact) mass is 187 g/mol. The number of hydrogen-bond acceptors (Lipinski definition) is 3. The van der Waals surface area contributed by atoms with E-state index in [1.807, 2.05) is 0 Å². The fourth-order valence-electron chi connectivity index (χ4n) is 0.143. The van der Waals surface area contributed by atoms with Gasteiger partial charge in [0, 0.05) is 25.2 Å². The number of nitrogens with one attached hydrogen (secondary N) is 1. The van der Waals surface area contributed by atoms with Gasteiger partial charge in [-0.05, 0) is 0 Å². The molecule has 1 fully saturated rings. The van der Waals surface area contributed by atoms with Crippen molar-refractivity contribution in [2.45, 2.75) is 0 Å². The third-order valence-corrected chi connectivity index (χ3v) is 0.618. The predicted octanol–water partition coefficient (Wildman–Crippen LogP) is 0.104. The summed E-state index contributed by atoms with van der Waals surface area (Å²) in [5, 5.41) is 18.6. The van der Waals surface area contributed by atoms with Gasteiger partial charge in [-0.3, -0.25) is 0 Å². The van der Waals surface area contributed by atoms with Crippen molar-refractivity contribution in [2.24, 2.45) is 0 Å². The molecule has 0 saturated carbocycles. The van der Waals surface area contributed by atoms with Crippen LogP contribution in [0.2, 0.25) is 0 Å². The number of aliphatic carboxylic acids is 2. The normalized spacial score (nSPS) is 11.7. The average molecular weight is 187 g/mol. The number of carboxylic acids is 2. The topological polar surface area (TPSA) is 96.5 Å². The SMILES string of the molecule is C1CN1.C=C.O=C(O)/C=C\C(=O)O. The van der Waals surface area contributed by atoms with Crippen LogP contribution in [0.5, 0.6) is 0 Å². The first-order chi connectivity index (χ1) is 6.13. The zero-order chi connectivity index (χ0) is 10.7. The van der Waals surface area contributed by atoms with Gasteiger partial charge in [0.15, 0.2) is 0 Å². The molecule has 1 rings (SSSR count). The molecule has 1 aliphatic rings. The lowest BCUT2D eigenvalue weighted by molar-refractivity contribution is -0.134. The number of hydrogen-bond donors (Lipinski definition) is 3. The van der Waals surface area contributed by atoms with Crippen LogP contribution in [0.4, 0.5) is 0 Å². The first-order valence-corrected chi connectivity index (χ1v) is 3.47. The lowest BCUT2D eigenvalue weighted by Gasteiger charge is -1.74. The maximum absolute atomic E-state index is 9.55. The van der Waals surface area contributed by atoms with Crippen LogP contribution in [0.3, 0.4) is 0 Å². The van der Waals surface area contributed by atoms with E-state index < -0.39 is 11.9 Å². The molecule has 0 radical (unpaired) electrons. The van der Waals surface area contributed by atoms with E-state index in [4.69, 9.17) is 10.2 Å². The Bertz CT molecular complexity index is 168. The van der Waals surface area contributed by atoms with Crippen molar-refractivity contribution in [2.75, 3.05) is 13.1 Å². The van der Waals surface area contributed by atoms with Gasteiger partial charge in [0.25, 0.3) is 0 Å². The second kappa shape index (κ2) is 10.4. The molecule has 0 aromatic rings. The van der Waals surface area contributed by atoms with Crippen LogP contribution in [0.1, 0.15) is 0 Å².